The Labute approximate surface area is 164 Å². The van der Waals surface area contributed by atoms with Crippen molar-refractivity contribution in [2.45, 2.75) is 13.8 Å². The van der Waals surface area contributed by atoms with Gasteiger partial charge in [-0.15, -0.1) is 29.9 Å². The van der Waals surface area contributed by atoms with Crippen molar-refractivity contribution < 1.29 is 4.79 Å². The number of pyridine rings is 1. The molecule has 1 amide bonds. The van der Waals surface area contributed by atoms with E-state index in [-0.39, 0.29) is 30.7 Å². The Morgan fingerprint density at radius 2 is 1.92 bits per heavy atom. The molecule has 0 aliphatic rings. The maximum Gasteiger partial charge on any atom is 0.273 e. The smallest absolute Gasteiger partial charge is 0.273 e. The quantitative estimate of drug-likeness (QED) is 0.624. The first-order chi connectivity index (χ1) is 11.7. The molecule has 9 heteroatoms. The van der Waals surface area contributed by atoms with Crippen LogP contribution in [-0.2, 0) is 0 Å². The molecule has 0 bridgehead atoms. The van der Waals surface area contributed by atoms with Crippen molar-refractivity contribution in [3.63, 3.8) is 0 Å². The van der Waals surface area contributed by atoms with Gasteiger partial charge in [0.2, 0.25) is 0 Å². The highest BCUT2D eigenvalue weighted by Crippen LogP contribution is 2.21. The van der Waals surface area contributed by atoms with Gasteiger partial charge in [-0.3, -0.25) is 9.78 Å². The zero-order valence-electron chi connectivity index (χ0n) is 14.6. The second kappa shape index (κ2) is 10.1. The molecule has 0 fully saturated rings. The van der Waals surface area contributed by atoms with E-state index >= 15 is 0 Å². The van der Waals surface area contributed by atoms with Gasteiger partial charge in [0.25, 0.3) is 5.91 Å². The van der Waals surface area contributed by atoms with Crippen LogP contribution in [0.1, 0.15) is 23.1 Å². The number of carbonyl (C=O) groups excluding carboxylic acids is 1. The molecule has 7 nitrogen and oxygen atoms in total. The lowest BCUT2D eigenvalue weighted by atomic mass is 10.2. The number of nitrogens with one attached hydrogen (secondary N) is 2. The highest BCUT2D eigenvalue weighted by atomic mass is 35.5. The van der Waals surface area contributed by atoms with Gasteiger partial charge in [-0.05, 0) is 25.6 Å². The summed E-state index contributed by atoms with van der Waals surface area (Å²) in [6.07, 6.45) is 1.74. The number of para-hydroxylation sites is 1. The third-order valence-corrected chi connectivity index (χ3v) is 3.79. The number of halogens is 2. The summed E-state index contributed by atoms with van der Waals surface area (Å²) < 4.78 is 1.66. The second-order valence-electron chi connectivity index (χ2n) is 5.40. The van der Waals surface area contributed by atoms with E-state index in [4.69, 9.17) is 0 Å². The van der Waals surface area contributed by atoms with Gasteiger partial charge in [-0.1, -0.05) is 30.3 Å². The molecule has 0 radical (unpaired) electrons. The number of fused-ring (bicyclic) bond motifs is 1. The van der Waals surface area contributed by atoms with Crippen LogP contribution >= 0.6 is 24.8 Å². The average molecular weight is 397 g/mol. The van der Waals surface area contributed by atoms with E-state index in [1.165, 1.54) is 0 Å². The maximum absolute atomic E-state index is 12.3. The molecule has 2 N–H and O–H groups in total. The van der Waals surface area contributed by atoms with Crippen LogP contribution in [0, 0.1) is 6.92 Å². The molecule has 2 aromatic heterocycles. The lowest BCUT2D eigenvalue weighted by Gasteiger charge is -2.07. The molecule has 1 aromatic carbocycles. The number of amides is 1. The second-order valence-corrected chi connectivity index (χ2v) is 5.40. The molecule has 2 heterocycles. The van der Waals surface area contributed by atoms with E-state index < -0.39 is 0 Å². The summed E-state index contributed by atoms with van der Waals surface area (Å²) in [7, 11) is 0. The Balaban J connectivity index is 0.00000169. The van der Waals surface area contributed by atoms with E-state index in [2.05, 4.69) is 25.9 Å². The maximum atomic E-state index is 12.3. The first-order valence-corrected chi connectivity index (χ1v) is 7.97. The predicted octanol–water partition coefficient (Wildman–Crippen LogP) is 2.31. The summed E-state index contributed by atoms with van der Waals surface area (Å²) in [6, 6.07) is 9.74. The predicted molar refractivity (Wildman–Crippen MR) is 107 cm³/mol. The minimum absolute atomic E-state index is 0. The van der Waals surface area contributed by atoms with Crippen LogP contribution in [0.5, 0.6) is 0 Å². The van der Waals surface area contributed by atoms with Gasteiger partial charge < -0.3 is 10.6 Å². The zero-order chi connectivity index (χ0) is 16.9. The van der Waals surface area contributed by atoms with Crippen LogP contribution in [-0.4, -0.2) is 45.5 Å². The van der Waals surface area contributed by atoms with Gasteiger partial charge in [0.15, 0.2) is 5.69 Å². The average Bonchev–Trinajstić information content (AvgIpc) is 2.99. The van der Waals surface area contributed by atoms with Crippen molar-refractivity contribution in [2.75, 3.05) is 19.6 Å². The van der Waals surface area contributed by atoms with Gasteiger partial charge in [-0.2, -0.15) is 0 Å². The van der Waals surface area contributed by atoms with Crippen molar-refractivity contribution in [3.8, 4) is 5.69 Å². The molecule has 0 saturated carbocycles. The molecular formula is C17H22Cl2N6O. The number of benzene rings is 1. The zero-order valence-corrected chi connectivity index (χ0v) is 16.2. The molecule has 0 atom stereocenters. The Kier molecular flexibility index (Phi) is 8.44. The minimum Gasteiger partial charge on any atom is -0.349 e. The molecule has 140 valence electrons. The molecule has 0 unspecified atom stereocenters. The Bertz CT molecular complexity index is 862. The highest BCUT2D eigenvalue weighted by molar-refractivity contribution is 5.93. The van der Waals surface area contributed by atoms with E-state index in [0.29, 0.717) is 17.9 Å². The number of hydrogen-bond acceptors (Lipinski definition) is 5. The van der Waals surface area contributed by atoms with Crippen LogP contribution in [0.3, 0.4) is 0 Å². The number of hydrogen-bond donors (Lipinski definition) is 2. The van der Waals surface area contributed by atoms with Gasteiger partial charge in [-0.25, -0.2) is 4.68 Å². The van der Waals surface area contributed by atoms with Crippen LogP contribution in [0.2, 0.25) is 0 Å². The summed E-state index contributed by atoms with van der Waals surface area (Å²) in [5.41, 5.74) is 2.66. The first kappa shape index (κ1) is 21.8. The lowest BCUT2D eigenvalue weighted by Crippen LogP contribution is -2.32. The Morgan fingerprint density at radius 3 is 2.69 bits per heavy atom. The summed E-state index contributed by atoms with van der Waals surface area (Å²) >= 11 is 0. The summed E-state index contributed by atoms with van der Waals surface area (Å²) in [5.74, 6) is -0.218. The molecule has 0 aliphatic heterocycles. The van der Waals surface area contributed by atoms with E-state index in [1.54, 1.807) is 10.9 Å². The SMILES string of the molecule is CCNCCNC(=O)c1nnn(-c2cccc3cccnc23)c1C.Cl.Cl. The molecule has 26 heavy (non-hydrogen) atoms. The van der Waals surface area contributed by atoms with E-state index in [0.717, 1.165) is 29.7 Å². The lowest BCUT2D eigenvalue weighted by molar-refractivity contribution is 0.0948. The third kappa shape index (κ3) is 4.49. The van der Waals surface area contributed by atoms with Gasteiger partial charge in [0.05, 0.1) is 16.9 Å². The Hall–Kier alpha value is -2.22. The monoisotopic (exact) mass is 396 g/mol. The number of aromatic nitrogens is 4. The molecule has 0 saturated heterocycles. The van der Waals surface area contributed by atoms with Crippen molar-refractivity contribution in [1.29, 1.82) is 0 Å². The van der Waals surface area contributed by atoms with Gasteiger partial charge >= 0.3 is 0 Å². The van der Waals surface area contributed by atoms with Gasteiger partial charge in [0, 0.05) is 24.7 Å². The van der Waals surface area contributed by atoms with Crippen molar-refractivity contribution in [3.05, 3.63) is 47.9 Å². The van der Waals surface area contributed by atoms with Crippen LogP contribution in [0.25, 0.3) is 16.6 Å². The number of nitrogens with zero attached hydrogens (tertiary/aromatic N) is 4. The fraction of sp³-hybridized carbons (Fsp3) is 0.294. The summed E-state index contributed by atoms with van der Waals surface area (Å²) in [4.78, 5) is 16.7. The summed E-state index contributed by atoms with van der Waals surface area (Å²) in [6.45, 7) is 6.01. The van der Waals surface area contributed by atoms with E-state index in [9.17, 15) is 4.79 Å². The van der Waals surface area contributed by atoms with Crippen LogP contribution < -0.4 is 10.6 Å². The number of likely N-dealkylation sites (N-methyl/N-ethyl adjacent to an activating group) is 1. The first-order valence-electron chi connectivity index (χ1n) is 7.97. The van der Waals surface area contributed by atoms with Gasteiger partial charge in [0.1, 0.15) is 0 Å². The standard InChI is InChI=1S/C17H20N6O.2ClH/c1-3-18-10-11-20-17(24)15-12(2)23(22-21-15)14-8-4-6-13-7-5-9-19-16(13)14;;/h4-9,18H,3,10-11H2,1-2H3,(H,20,24);2*1H. The molecule has 3 aromatic rings. The molecule has 0 spiro atoms. The third-order valence-electron chi connectivity index (χ3n) is 3.79. The molecule has 0 aliphatic carbocycles. The van der Waals surface area contributed by atoms with Crippen molar-refractivity contribution in [2.24, 2.45) is 0 Å². The molecule has 3 rings (SSSR count). The van der Waals surface area contributed by atoms with Crippen LogP contribution in [0.4, 0.5) is 0 Å². The number of carbonyl (C=O) groups is 1. The van der Waals surface area contributed by atoms with Crippen molar-refractivity contribution >= 4 is 41.6 Å². The largest absolute Gasteiger partial charge is 0.349 e. The fourth-order valence-corrected chi connectivity index (χ4v) is 2.55. The van der Waals surface area contributed by atoms with Crippen LogP contribution in [0.15, 0.2) is 36.5 Å². The fourth-order valence-electron chi connectivity index (χ4n) is 2.55. The highest BCUT2D eigenvalue weighted by Gasteiger charge is 2.18. The summed E-state index contributed by atoms with van der Waals surface area (Å²) in [5, 5.41) is 15.2. The number of rotatable bonds is 6. The Morgan fingerprint density at radius 1 is 1.15 bits per heavy atom. The minimum atomic E-state index is -0.218. The van der Waals surface area contributed by atoms with E-state index in [1.807, 2.05) is 44.2 Å². The molecular weight excluding hydrogens is 375 g/mol. The van der Waals surface area contributed by atoms with Crippen molar-refractivity contribution in [1.82, 2.24) is 30.6 Å². The topological polar surface area (TPSA) is 84.7 Å². The normalized spacial score (nSPS) is 10.1.